The predicted molar refractivity (Wildman–Crippen MR) is 73.9 cm³/mol. The summed E-state index contributed by atoms with van der Waals surface area (Å²) in [6.07, 6.45) is 0.887. The smallest absolute Gasteiger partial charge is 0.0791 e. The van der Waals surface area contributed by atoms with Crippen LogP contribution in [-0.2, 0) is 4.74 Å². The van der Waals surface area contributed by atoms with E-state index in [4.69, 9.17) is 4.74 Å². The average Bonchev–Trinajstić information content (AvgIpc) is 2.47. The van der Waals surface area contributed by atoms with Crippen LogP contribution in [-0.4, -0.2) is 87.1 Å². The Kier molecular flexibility index (Phi) is 7.77. The Bertz CT molecular complexity index is 216. The second-order valence-corrected chi connectivity index (χ2v) is 5.31. The molecule has 2 atom stereocenters. The molecule has 0 aromatic carbocycles. The van der Waals surface area contributed by atoms with Crippen molar-refractivity contribution in [2.45, 2.75) is 25.5 Å². The van der Waals surface area contributed by atoms with Gasteiger partial charge in [-0.2, -0.15) is 0 Å². The first-order valence-electron chi connectivity index (χ1n) is 6.93. The van der Waals surface area contributed by atoms with Crippen molar-refractivity contribution in [3.8, 4) is 0 Å². The first-order valence-corrected chi connectivity index (χ1v) is 6.93. The Hall–Kier alpha value is -0.200. The van der Waals surface area contributed by atoms with Gasteiger partial charge >= 0.3 is 0 Å². The van der Waals surface area contributed by atoms with Crippen molar-refractivity contribution in [2.75, 3.05) is 60.0 Å². The molecule has 0 aliphatic carbocycles. The van der Waals surface area contributed by atoms with Crippen LogP contribution >= 0.6 is 0 Å². The molecule has 2 N–H and O–H groups in total. The number of aliphatic hydroxyl groups is 1. The number of hydrogen-bond acceptors (Lipinski definition) is 5. The molecule has 0 aromatic heterocycles. The molecule has 18 heavy (non-hydrogen) atoms. The monoisotopic (exact) mass is 259 g/mol. The number of hydrogen-bond donors (Lipinski definition) is 2. The second kappa shape index (κ2) is 8.82. The fraction of sp³-hybridized carbons (Fsp3) is 1.00. The van der Waals surface area contributed by atoms with E-state index in [0.717, 1.165) is 32.7 Å². The first kappa shape index (κ1) is 15.9. The van der Waals surface area contributed by atoms with Crippen LogP contribution < -0.4 is 5.32 Å². The maximum atomic E-state index is 10.0. The first-order chi connectivity index (χ1) is 8.63. The van der Waals surface area contributed by atoms with Crippen LogP contribution in [0.2, 0.25) is 0 Å². The van der Waals surface area contributed by atoms with Gasteiger partial charge in [0, 0.05) is 39.3 Å². The molecule has 0 spiro atoms. The van der Waals surface area contributed by atoms with E-state index in [1.165, 1.54) is 6.42 Å². The third kappa shape index (κ3) is 6.11. The van der Waals surface area contributed by atoms with Crippen molar-refractivity contribution in [1.29, 1.82) is 0 Å². The number of nitrogens with one attached hydrogen (secondary N) is 1. The fourth-order valence-corrected chi connectivity index (χ4v) is 2.47. The highest BCUT2D eigenvalue weighted by Crippen LogP contribution is 2.08. The van der Waals surface area contributed by atoms with Gasteiger partial charge in [-0.15, -0.1) is 0 Å². The van der Waals surface area contributed by atoms with Crippen LogP contribution in [0.25, 0.3) is 0 Å². The Morgan fingerprint density at radius 3 is 2.94 bits per heavy atom. The molecule has 1 rings (SSSR count). The molecular formula is C13H29N3O2. The number of methoxy groups -OCH3 is 1. The van der Waals surface area contributed by atoms with Gasteiger partial charge in [0.1, 0.15) is 0 Å². The number of β-amino-alcohol motifs (C(OH)–C–C–N with tert-alkyl or cyclic N) is 1. The Morgan fingerprint density at radius 2 is 2.22 bits per heavy atom. The number of likely N-dealkylation sites (N-methyl/N-ethyl adjacent to an activating group) is 1. The second-order valence-electron chi connectivity index (χ2n) is 5.31. The van der Waals surface area contributed by atoms with E-state index >= 15 is 0 Å². The lowest BCUT2D eigenvalue weighted by molar-refractivity contribution is 0.0894. The van der Waals surface area contributed by atoms with Crippen LogP contribution in [0, 0.1) is 0 Å². The molecular weight excluding hydrogens is 230 g/mol. The number of ether oxygens (including phenoxy) is 1. The Morgan fingerprint density at radius 1 is 1.44 bits per heavy atom. The normalized spacial score (nSPS) is 25.0. The summed E-state index contributed by atoms with van der Waals surface area (Å²) < 4.78 is 4.96. The summed E-state index contributed by atoms with van der Waals surface area (Å²) in [6.45, 7) is 8.46. The van der Waals surface area contributed by atoms with Crippen LogP contribution in [0.1, 0.15) is 13.3 Å². The summed E-state index contributed by atoms with van der Waals surface area (Å²) in [4.78, 5) is 4.76. The summed E-state index contributed by atoms with van der Waals surface area (Å²) >= 11 is 0. The van der Waals surface area contributed by atoms with Crippen molar-refractivity contribution in [3.05, 3.63) is 0 Å². The quantitative estimate of drug-likeness (QED) is 0.610. The standard InChI is InChI=1S/C13H29N3O2/c1-12-10-15(2)6-4-7-16(12)11-13(17)9-14-5-8-18-3/h12-14,17H,4-11H2,1-3H3. The fourth-order valence-electron chi connectivity index (χ4n) is 2.47. The van der Waals surface area contributed by atoms with Gasteiger partial charge in [0.05, 0.1) is 12.7 Å². The van der Waals surface area contributed by atoms with Gasteiger partial charge in [-0.1, -0.05) is 0 Å². The summed E-state index contributed by atoms with van der Waals surface area (Å²) in [5, 5.41) is 13.2. The predicted octanol–water partition coefficient (Wildman–Crippen LogP) is -0.391. The molecule has 0 amide bonds. The number of nitrogens with zero attached hydrogens (tertiary/aromatic N) is 2. The molecule has 0 saturated carbocycles. The lowest BCUT2D eigenvalue weighted by atomic mass is 10.2. The summed E-state index contributed by atoms with van der Waals surface area (Å²) in [6, 6.07) is 0.520. The molecule has 1 fully saturated rings. The lowest BCUT2D eigenvalue weighted by Crippen LogP contribution is -2.44. The lowest BCUT2D eigenvalue weighted by Gasteiger charge is -2.29. The zero-order valence-corrected chi connectivity index (χ0v) is 12.1. The average molecular weight is 259 g/mol. The van der Waals surface area contributed by atoms with Gasteiger partial charge in [-0.05, 0) is 33.5 Å². The molecule has 1 aliphatic heterocycles. The van der Waals surface area contributed by atoms with Gasteiger partial charge in [0.2, 0.25) is 0 Å². The molecule has 108 valence electrons. The zero-order chi connectivity index (χ0) is 13.4. The van der Waals surface area contributed by atoms with Gasteiger partial charge in [0.25, 0.3) is 0 Å². The van der Waals surface area contributed by atoms with Crippen LogP contribution in [0.5, 0.6) is 0 Å². The van der Waals surface area contributed by atoms with Gasteiger partial charge in [-0.25, -0.2) is 0 Å². The Balaban J connectivity index is 2.22. The third-order valence-electron chi connectivity index (χ3n) is 3.49. The van der Waals surface area contributed by atoms with Gasteiger partial charge in [-0.3, -0.25) is 4.90 Å². The van der Waals surface area contributed by atoms with Crippen molar-refractivity contribution in [2.24, 2.45) is 0 Å². The van der Waals surface area contributed by atoms with E-state index in [1.54, 1.807) is 7.11 Å². The van der Waals surface area contributed by atoms with Crippen molar-refractivity contribution < 1.29 is 9.84 Å². The highest BCUT2D eigenvalue weighted by molar-refractivity contribution is 4.77. The van der Waals surface area contributed by atoms with Crippen molar-refractivity contribution >= 4 is 0 Å². The van der Waals surface area contributed by atoms with Crippen LogP contribution in [0.15, 0.2) is 0 Å². The van der Waals surface area contributed by atoms with E-state index in [1.807, 2.05) is 0 Å². The van der Waals surface area contributed by atoms with E-state index < -0.39 is 0 Å². The van der Waals surface area contributed by atoms with Gasteiger partial charge < -0.3 is 20.1 Å². The molecule has 0 bridgehead atoms. The minimum Gasteiger partial charge on any atom is -0.390 e. The Labute approximate surface area is 111 Å². The highest BCUT2D eigenvalue weighted by Gasteiger charge is 2.21. The molecule has 1 heterocycles. The summed E-state index contributed by atoms with van der Waals surface area (Å²) in [5.41, 5.74) is 0. The summed E-state index contributed by atoms with van der Waals surface area (Å²) in [7, 11) is 3.86. The van der Waals surface area contributed by atoms with E-state index in [-0.39, 0.29) is 6.10 Å². The largest absolute Gasteiger partial charge is 0.390 e. The molecule has 0 aromatic rings. The van der Waals surface area contributed by atoms with E-state index in [9.17, 15) is 5.11 Å². The topological polar surface area (TPSA) is 48.0 Å². The maximum Gasteiger partial charge on any atom is 0.0791 e. The van der Waals surface area contributed by atoms with E-state index in [2.05, 4.69) is 29.1 Å². The highest BCUT2D eigenvalue weighted by atomic mass is 16.5. The zero-order valence-electron chi connectivity index (χ0n) is 12.1. The van der Waals surface area contributed by atoms with Gasteiger partial charge in [0.15, 0.2) is 0 Å². The molecule has 5 nitrogen and oxygen atoms in total. The van der Waals surface area contributed by atoms with Crippen molar-refractivity contribution in [3.63, 3.8) is 0 Å². The molecule has 5 heteroatoms. The minimum absolute atomic E-state index is 0.298. The molecule has 2 unspecified atom stereocenters. The van der Waals surface area contributed by atoms with Crippen molar-refractivity contribution in [1.82, 2.24) is 15.1 Å². The molecule has 1 saturated heterocycles. The number of aliphatic hydroxyl groups excluding tert-OH is 1. The van der Waals surface area contributed by atoms with Crippen LogP contribution in [0.4, 0.5) is 0 Å². The van der Waals surface area contributed by atoms with Crippen LogP contribution in [0.3, 0.4) is 0 Å². The number of rotatable bonds is 7. The molecule has 0 radical (unpaired) electrons. The molecule has 1 aliphatic rings. The summed E-state index contributed by atoms with van der Waals surface area (Å²) in [5.74, 6) is 0. The van der Waals surface area contributed by atoms with E-state index in [0.29, 0.717) is 19.2 Å². The SMILES string of the molecule is COCCNCC(O)CN1CCCN(C)CC1C. The minimum atomic E-state index is -0.298. The third-order valence-corrected chi connectivity index (χ3v) is 3.49. The maximum absolute atomic E-state index is 10.0.